The van der Waals surface area contributed by atoms with Gasteiger partial charge in [-0.3, -0.25) is 0 Å². The van der Waals surface area contributed by atoms with Gasteiger partial charge in [0.2, 0.25) is 0 Å². The highest BCUT2D eigenvalue weighted by atomic mass is 28.3. The summed E-state index contributed by atoms with van der Waals surface area (Å²) in [5.41, 5.74) is 0. The van der Waals surface area contributed by atoms with Crippen LogP contribution in [-0.2, 0) is 9.53 Å². The predicted molar refractivity (Wildman–Crippen MR) is 63.0 cm³/mol. The summed E-state index contributed by atoms with van der Waals surface area (Å²) in [6, 6.07) is 1.13. The van der Waals surface area contributed by atoms with Gasteiger partial charge in [0.25, 0.3) is 0 Å². The number of esters is 1. The van der Waals surface area contributed by atoms with Gasteiger partial charge in [0, 0.05) is 6.08 Å². The second-order valence-electron chi connectivity index (χ2n) is 4.98. The Morgan fingerprint density at radius 2 is 2.00 bits per heavy atom. The first-order valence-corrected chi connectivity index (χ1v) is 7.97. The SMILES string of the molecule is C=CC(=O)OC[Si](C)(CC)C(C)(C)C. The Morgan fingerprint density at radius 3 is 2.29 bits per heavy atom. The molecule has 0 aliphatic carbocycles. The molecule has 14 heavy (non-hydrogen) atoms. The normalized spacial score (nSPS) is 15.8. The van der Waals surface area contributed by atoms with Gasteiger partial charge >= 0.3 is 5.97 Å². The molecule has 1 unspecified atom stereocenters. The molecule has 1 atom stereocenters. The molecule has 0 N–H and O–H groups in total. The van der Waals surface area contributed by atoms with Gasteiger partial charge < -0.3 is 4.74 Å². The average molecular weight is 214 g/mol. The number of hydrogen-bond acceptors (Lipinski definition) is 2. The molecular formula is C11H22O2Si. The van der Waals surface area contributed by atoms with Crippen molar-refractivity contribution in [3.63, 3.8) is 0 Å². The van der Waals surface area contributed by atoms with Gasteiger partial charge in [-0.25, -0.2) is 4.79 Å². The molecule has 0 fully saturated rings. The fourth-order valence-corrected chi connectivity index (χ4v) is 3.30. The van der Waals surface area contributed by atoms with Crippen LogP contribution in [0.2, 0.25) is 17.6 Å². The second kappa shape index (κ2) is 4.78. The van der Waals surface area contributed by atoms with E-state index in [2.05, 4.69) is 40.8 Å². The molecule has 0 saturated carbocycles. The van der Waals surface area contributed by atoms with E-state index in [0.717, 1.165) is 6.04 Å². The van der Waals surface area contributed by atoms with E-state index in [4.69, 9.17) is 4.74 Å². The van der Waals surface area contributed by atoms with Crippen molar-refractivity contribution in [2.45, 2.75) is 45.3 Å². The van der Waals surface area contributed by atoms with Gasteiger partial charge in [0.15, 0.2) is 0 Å². The first-order chi connectivity index (χ1) is 6.27. The number of carbonyl (C=O) groups is 1. The largest absolute Gasteiger partial charge is 0.466 e. The zero-order valence-electron chi connectivity index (χ0n) is 10.0. The summed E-state index contributed by atoms with van der Waals surface area (Å²) in [4.78, 5) is 11.0. The van der Waals surface area contributed by atoms with Crippen molar-refractivity contribution in [2.24, 2.45) is 0 Å². The molecule has 0 aliphatic heterocycles. The highest BCUT2D eigenvalue weighted by Crippen LogP contribution is 2.38. The van der Waals surface area contributed by atoms with Gasteiger partial charge in [0.05, 0.1) is 6.23 Å². The van der Waals surface area contributed by atoms with Crippen molar-refractivity contribution < 1.29 is 9.53 Å². The third-order valence-electron chi connectivity index (χ3n) is 3.29. The molecule has 0 heterocycles. The van der Waals surface area contributed by atoms with Crippen molar-refractivity contribution in [3.8, 4) is 0 Å². The summed E-state index contributed by atoms with van der Waals surface area (Å²) in [5.74, 6) is -0.304. The minimum atomic E-state index is -1.49. The summed E-state index contributed by atoms with van der Waals surface area (Å²) in [7, 11) is -1.49. The Hall–Kier alpha value is -0.573. The highest BCUT2D eigenvalue weighted by molar-refractivity contribution is 6.81. The maximum absolute atomic E-state index is 11.0. The van der Waals surface area contributed by atoms with Crippen molar-refractivity contribution in [3.05, 3.63) is 12.7 Å². The van der Waals surface area contributed by atoms with E-state index < -0.39 is 8.07 Å². The molecule has 0 saturated heterocycles. The molecule has 82 valence electrons. The van der Waals surface area contributed by atoms with E-state index in [9.17, 15) is 4.79 Å². The van der Waals surface area contributed by atoms with Crippen LogP contribution in [0.15, 0.2) is 12.7 Å². The van der Waals surface area contributed by atoms with E-state index in [1.54, 1.807) is 0 Å². The minimum absolute atomic E-state index is 0.267. The van der Waals surface area contributed by atoms with Gasteiger partial charge in [-0.05, 0) is 5.04 Å². The summed E-state index contributed by atoms with van der Waals surface area (Å²) >= 11 is 0. The van der Waals surface area contributed by atoms with Crippen molar-refractivity contribution in [1.29, 1.82) is 0 Å². The van der Waals surface area contributed by atoms with Crippen LogP contribution in [0, 0.1) is 0 Å². The lowest BCUT2D eigenvalue weighted by atomic mass is 10.2. The van der Waals surface area contributed by atoms with E-state index in [-0.39, 0.29) is 11.0 Å². The van der Waals surface area contributed by atoms with E-state index in [1.165, 1.54) is 6.08 Å². The molecule has 0 aliphatic rings. The first-order valence-electron chi connectivity index (χ1n) is 5.06. The Labute approximate surface area is 88.4 Å². The highest BCUT2D eigenvalue weighted by Gasteiger charge is 2.39. The maximum Gasteiger partial charge on any atom is 0.329 e. The maximum atomic E-state index is 11.0. The third-order valence-corrected chi connectivity index (χ3v) is 9.25. The topological polar surface area (TPSA) is 26.3 Å². The van der Waals surface area contributed by atoms with Crippen LogP contribution in [0.25, 0.3) is 0 Å². The van der Waals surface area contributed by atoms with Gasteiger partial charge in [-0.2, -0.15) is 0 Å². The molecular weight excluding hydrogens is 192 g/mol. The molecule has 0 aromatic carbocycles. The van der Waals surface area contributed by atoms with Gasteiger partial charge in [-0.15, -0.1) is 0 Å². The number of hydrogen-bond donors (Lipinski definition) is 0. The quantitative estimate of drug-likeness (QED) is 0.408. The Balaban J connectivity index is 4.42. The number of ether oxygens (including phenoxy) is 1. The zero-order valence-corrected chi connectivity index (χ0v) is 11.0. The van der Waals surface area contributed by atoms with Crippen LogP contribution in [0.5, 0.6) is 0 Å². The first kappa shape index (κ1) is 13.4. The third kappa shape index (κ3) is 3.29. The minimum Gasteiger partial charge on any atom is -0.466 e. The van der Waals surface area contributed by atoms with Crippen LogP contribution in [0.1, 0.15) is 27.7 Å². The molecule has 0 radical (unpaired) electrons. The van der Waals surface area contributed by atoms with Crippen molar-refractivity contribution >= 4 is 14.0 Å². The summed E-state index contributed by atoms with van der Waals surface area (Å²) in [6.07, 6.45) is 1.82. The summed E-state index contributed by atoms with van der Waals surface area (Å²) in [6.45, 7) is 14.5. The predicted octanol–water partition coefficient (Wildman–Crippen LogP) is 3.15. The monoisotopic (exact) mass is 214 g/mol. The van der Waals surface area contributed by atoms with Crippen LogP contribution >= 0.6 is 0 Å². The van der Waals surface area contributed by atoms with E-state index in [0.29, 0.717) is 6.23 Å². The molecule has 0 spiro atoms. The standard InChI is InChI=1S/C11H22O2Si/c1-7-10(12)13-9-14(6,8-2)11(3,4)5/h7H,1,8-9H2,2-6H3. The summed E-state index contributed by atoms with van der Waals surface area (Å²) in [5, 5.41) is 0.267. The van der Waals surface area contributed by atoms with Crippen molar-refractivity contribution in [1.82, 2.24) is 0 Å². The van der Waals surface area contributed by atoms with Gasteiger partial charge in [0.1, 0.15) is 8.07 Å². The summed E-state index contributed by atoms with van der Waals surface area (Å²) < 4.78 is 5.18. The molecule has 0 amide bonds. The lowest BCUT2D eigenvalue weighted by Gasteiger charge is -2.38. The van der Waals surface area contributed by atoms with Crippen LogP contribution in [-0.4, -0.2) is 20.3 Å². The van der Waals surface area contributed by atoms with E-state index in [1.807, 2.05) is 0 Å². The fraction of sp³-hybridized carbons (Fsp3) is 0.727. The zero-order chi connectivity index (χ0) is 11.4. The Bertz CT molecular complexity index is 218. The molecule has 0 rings (SSSR count). The molecule has 3 heteroatoms. The lowest BCUT2D eigenvalue weighted by molar-refractivity contribution is -0.136. The van der Waals surface area contributed by atoms with Crippen molar-refractivity contribution in [2.75, 3.05) is 6.23 Å². The van der Waals surface area contributed by atoms with Crippen LogP contribution < -0.4 is 0 Å². The molecule has 0 aromatic rings. The Kier molecular flexibility index (Phi) is 4.58. The van der Waals surface area contributed by atoms with Crippen LogP contribution in [0.4, 0.5) is 0 Å². The van der Waals surface area contributed by atoms with E-state index >= 15 is 0 Å². The lowest BCUT2D eigenvalue weighted by Crippen LogP contribution is -2.45. The molecule has 2 nitrogen and oxygen atoms in total. The molecule has 0 bridgehead atoms. The smallest absolute Gasteiger partial charge is 0.329 e. The number of rotatable bonds is 4. The fourth-order valence-electron chi connectivity index (χ4n) is 1.14. The molecule has 0 aromatic heterocycles. The van der Waals surface area contributed by atoms with Gasteiger partial charge in [-0.1, -0.05) is 46.9 Å². The second-order valence-corrected chi connectivity index (χ2v) is 10.6. The average Bonchev–Trinajstić information content (AvgIpc) is 2.11. The number of carbonyl (C=O) groups excluding carboxylic acids is 1. The Morgan fingerprint density at radius 1 is 1.50 bits per heavy atom. The van der Waals surface area contributed by atoms with Crippen LogP contribution in [0.3, 0.4) is 0 Å².